The van der Waals surface area contributed by atoms with Gasteiger partial charge in [0.25, 0.3) is 11.1 Å². The molecule has 0 aromatic rings. The van der Waals surface area contributed by atoms with Crippen molar-refractivity contribution in [3.63, 3.8) is 0 Å². The summed E-state index contributed by atoms with van der Waals surface area (Å²) in [5.41, 5.74) is 5.09. The van der Waals surface area contributed by atoms with Crippen molar-refractivity contribution in [2.75, 3.05) is 7.05 Å². The van der Waals surface area contributed by atoms with Gasteiger partial charge in [0.05, 0.1) is 0 Å². The molecule has 1 rings (SSSR count). The average molecular weight is 374 g/mol. The van der Waals surface area contributed by atoms with Gasteiger partial charge in [-0.2, -0.15) is 0 Å². The lowest BCUT2D eigenvalue weighted by Crippen LogP contribution is -2.27. The molecule has 0 bridgehead atoms. The molecule has 0 atom stereocenters. The van der Waals surface area contributed by atoms with Crippen LogP contribution in [0.25, 0.3) is 0 Å². The largest absolute Gasteiger partial charge is 0.285 e. The first-order valence-corrected chi connectivity index (χ1v) is 9.41. The van der Waals surface area contributed by atoms with Crippen molar-refractivity contribution in [3.05, 3.63) is 58.7 Å². The number of imide groups is 1. The van der Waals surface area contributed by atoms with Crippen LogP contribution in [0.1, 0.15) is 53.9 Å². The number of carbonyl (C=O) groups excluding carboxylic acids is 2. The van der Waals surface area contributed by atoms with E-state index in [4.69, 9.17) is 0 Å². The minimum absolute atomic E-state index is 0.241. The summed E-state index contributed by atoms with van der Waals surface area (Å²) in [5.74, 6) is -0.380. The van der Waals surface area contributed by atoms with E-state index in [9.17, 15) is 9.59 Å². The van der Waals surface area contributed by atoms with Gasteiger partial charge in [0.1, 0.15) is 0 Å². The van der Waals surface area contributed by atoms with Crippen LogP contribution in [0.4, 0.5) is 4.79 Å². The Hall–Kier alpha value is -1.81. The van der Waals surface area contributed by atoms with E-state index >= 15 is 0 Å². The molecule has 0 aromatic carbocycles. The Balaban J connectivity index is 2.78. The number of amides is 2. The minimum atomic E-state index is -0.570. The maximum Gasteiger partial charge on any atom is 0.285 e. The molecule has 142 valence electrons. The van der Waals surface area contributed by atoms with Crippen molar-refractivity contribution in [2.24, 2.45) is 5.41 Å². The summed E-state index contributed by atoms with van der Waals surface area (Å²) in [4.78, 5) is 23.8. The van der Waals surface area contributed by atoms with Crippen LogP contribution in [0.5, 0.6) is 0 Å². The number of carbonyl (C=O) groups is 2. The predicted molar refractivity (Wildman–Crippen MR) is 113 cm³/mol. The van der Waals surface area contributed by atoms with E-state index in [1.165, 1.54) is 43.5 Å². The van der Waals surface area contributed by atoms with Crippen LogP contribution in [-0.2, 0) is 4.79 Å². The summed E-state index contributed by atoms with van der Waals surface area (Å²) in [5, 5.41) is -0.570. The van der Waals surface area contributed by atoms with Crippen LogP contribution >= 0.6 is 12.6 Å². The van der Waals surface area contributed by atoms with Gasteiger partial charge < -0.3 is 0 Å². The number of rotatable bonds is 5. The lowest BCUT2D eigenvalue weighted by atomic mass is 9.72. The highest BCUT2D eigenvalue weighted by Crippen LogP contribution is 2.40. The Bertz CT molecular complexity index is 706. The Morgan fingerprint density at radius 1 is 1.15 bits per heavy atom. The molecule has 0 aliphatic heterocycles. The third kappa shape index (κ3) is 6.83. The molecule has 1 aliphatic carbocycles. The number of likely N-dealkylation sites (N-methyl/N-ethyl adjacent to an activating group) is 1. The highest BCUT2D eigenvalue weighted by molar-refractivity contribution is 7.96. The van der Waals surface area contributed by atoms with Gasteiger partial charge in [-0.05, 0) is 56.6 Å². The van der Waals surface area contributed by atoms with Crippen LogP contribution in [0.3, 0.4) is 0 Å². The number of thiol groups is 1. The fourth-order valence-electron chi connectivity index (χ4n) is 3.07. The van der Waals surface area contributed by atoms with Gasteiger partial charge in [-0.25, -0.2) is 0 Å². The van der Waals surface area contributed by atoms with Gasteiger partial charge in [-0.3, -0.25) is 14.5 Å². The molecule has 0 spiro atoms. The standard InChI is InChI=1S/C22H31NO2S/c1-16(12-13-19-18(3)11-8-14-22(19,4)5)9-7-10-17(2)15-20(24)23(6)21(25)26/h7,9-10,12-13,15H,8,11,14H2,1-6H3,(H,25,26)/b10-7+,13-12+,16-9+,17-15+. The number of allylic oxidation sites excluding steroid dienone is 9. The van der Waals surface area contributed by atoms with Crippen LogP contribution < -0.4 is 0 Å². The molecule has 1 aliphatic rings. The molecule has 0 radical (unpaired) electrons. The predicted octanol–water partition coefficient (Wildman–Crippen LogP) is 6.03. The van der Waals surface area contributed by atoms with Gasteiger partial charge in [0, 0.05) is 13.1 Å². The number of hydrogen-bond acceptors (Lipinski definition) is 2. The van der Waals surface area contributed by atoms with Crippen molar-refractivity contribution in [2.45, 2.75) is 53.9 Å². The van der Waals surface area contributed by atoms with Gasteiger partial charge in [0.2, 0.25) is 0 Å². The molecule has 0 N–H and O–H groups in total. The fraction of sp³-hybridized carbons (Fsp3) is 0.455. The summed E-state index contributed by atoms with van der Waals surface area (Å²) in [7, 11) is 1.41. The summed E-state index contributed by atoms with van der Waals surface area (Å²) in [6, 6.07) is 0. The molecule has 26 heavy (non-hydrogen) atoms. The molecule has 0 saturated heterocycles. The van der Waals surface area contributed by atoms with Crippen molar-refractivity contribution in [1.29, 1.82) is 0 Å². The maximum absolute atomic E-state index is 11.8. The Labute approximate surface area is 163 Å². The first-order valence-electron chi connectivity index (χ1n) is 8.97. The molecular formula is C22H31NO2S. The highest BCUT2D eigenvalue weighted by Gasteiger charge is 2.26. The zero-order valence-electron chi connectivity index (χ0n) is 16.8. The van der Waals surface area contributed by atoms with Crippen LogP contribution in [0.2, 0.25) is 0 Å². The van der Waals surface area contributed by atoms with Gasteiger partial charge >= 0.3 is 0 Å². The zero-order chi connectivity index (χ0) is 19.9. The Kier molecular flexibility index (Phi) is 8.35. The maximum atomic E-state index is 11.8. The van der Waals surface area contributed by atoms with E-state index in [1.54, 1.807) is 0 Å². The summed E-state index contributed by atoms with van der Waals surface area (Å²) in [6.07, 6.45) is 15.3. The zero-order valence-corrected chi connectivity index (χ0v) is 17.7. The molecule has 0 saturated carbocycles. The molecule has 2 amide bonds. The molecule has 4 heteroatoms. The second kappa shape index (κ2) is 9.77. The third-order valence-corrected chi connectivity index (χ3v) is 5.04. The first-order chi connectivity index (χ1) is 12.0. The molecule has 0 unspecified atom stereocenters. The topological polar surface area (TPSA) is 37.4 Å². The molecule has 0 heterocycles. The van der Waals surface area contributed by atoms with E-state index in [0.29, 0.717) is 0 Å². The van der Waals surface area contributed by atoms with Gasteiger partial charge in [0.15, 0.2) is 0 Å². The van der Waals surface area contributed by atoms with Crippen LogP contribution in [0, 0.1) is 5.41 Å². The van der Waals surface area contributed by atoms with Crippen molar-refractivity contribution < 1.29 is 9.59 Å². The first kappa shape index (κ1) is 22.2. The Morgan fingerprint density at radius 2 is 1.81 bits per heavy atom. The van der Waals surface area contributed by atoms with Gasteiger partial charge in [-0.15, -0.1) is 0 Å². The lowest BCUT2D eigenvalue weighted by molar-refractivity contribution is -0.121. The number of nitrogens with zero attached hydrogens (tertiary/aromatic N) is 1. The van der Waals surface area contributed by atoms with Crippen LogP contribution in [-0.4, -0.2) is 23.1 Å². The smallest absolute Gasteiger partial charge is 0.273 e. The number of hydrogen-bond donors (Lipinski definition) is 1. The summed E-state index contributed by atoms with van der Waals surface area (Å²) < 4.78 is 0. The van der Waals surface area contributed by atoms with Gasteiger partial charge in [-0.1, -0.05) is 68.0 Å². The van der Waals surface area contributed by atoms with Crippen molar-refractivity contribution in [3.8, 4) is 0 Å². The summed E-state index contributed by atoms with van der Waals surface area (Å²) >= 11 is 3.64. The van der Waals surface area contributed by atoms with Crippen molar-refractivity contribution in [1.82, 2.24) is 4.90 Å². The second-order valence-electron chi connectivity index (χ2n) is 7.60. The Morgan fingerprint density at radius 3 is 2.38 bits per heavy atom. The quantitative estimate of drug-likeness (QED) is 0.363. The highest BCUT2D eigenvalue weighted by atomic mass is 32.1. The molecule has 0 fully saturated rings. The van der Waals surface area contributed by atoms with E-state index < -0.39 is 5.24 Å². The average Bonchev–Trinajstić information content (AvgIpc) is 2.52. The van der Waals surface area contributed by atoms with Crippen LogP contribution in [0.15, 0.2) is 58.7 Å². The normalized spacial score (nSPS) is 18.7. The summed E-state index contributed by atoms with van der Waals surface area (Å²) in [6.45, 7) is 10.7. The van der Waals surface area contributed by atoms with E-state index in [2.05, 4.69) is 52.5 Å². The van der Waals surface area contributed by atoms with E-state index in [0.717, 1.165) is 16.0 Å². The van der Waals surface area contributed by atoms with Crippen molar-refractivity contribution >= 4 is 23.8 Å². The second-order valence-corrected chi connectivity index (χ2v) is 7.99. The molecule has 3 nitrogen and oxygen atoms in total. The van der Waals surface area contributed by atoms with E-state index in [1.807, 2.05) is 25.2 Å². The fourth-order valence-corrected chi connectivity index (χ4v) is 3.16. The third-order valence-electron chi connectivity index (χ3n) is 4.74. The SMILES string of the molecule is CC1=C(/C=C/C(C)=C/C=C/C(C)=C/C(=O)N(C)C(=O)S)C(C)(C)CCC1. The molecule has 0 aromatic heterocycles. The van der Waals surface area contributed by atoms with E-state index in [-0.39, 0.29) is 11.3 Å². The monoisotopic (exact) mass is 373 g/mol. The lowest BCUT2D eigenvalue weighted by Gasteiger charge is -2.32. The minimum Gasteiger partial charge on any atom is -0.273 e. The molecular weight excluding hydrogens is 342 g/mol.